The summed E-state index contributed by atoms with van der Waals surface area (Å²) < 4.78 is 5.00. The van der Waals surface area contributed by atoms with Gasteiger partial charge in [0.2, 0.25) is 0 Å². The molecule has 0 heterocycles. The van der Waals surface area contributed by atoms with E-state index >= 15 is 0 Å². The number of phenolic OH excluding ortho intramolecular Hbond substituents is 1. The smallest absolute Gasteiger partial charge is 0.161 e. The van der Waals surface area contributed by atoms with Crippen LogP contribution in [0, 0.1) is 0 Å². The zero-order valence-corrected chi connectivity index (χ0v) is 14.9. The maximum Gasteiger partial charge on any atom is 0.161 e. The molecule has 1 aromatic rings. The topological polar surface area (TPSA) is 29.5 Å². The van der Waals surface area contributed by atoms with Crippen LogP contribution >= 0.6 is 0 Å². The molecule has 0 aliphatic carbocycles. The molecule has 124 valence electrons. The van der Waals surface area contributed by atoms with Crippen LogP contribution in [0.1, 0.15) is 33.3 Å². The minimum atomic E-state index is 0.176. The first-order chi connectivity index (χ1) is 10.9. The highest BCUT2D eigenvalue weighted by Crippen LogP contribution is 2.28. The highest BCUT2D eigenvalue weighted by Gasteiger charge is 2.02. The molecule has 1 rings (SSSR count). The number of hydrogen-bond donors (Lipinski definition) is 1. The van der Waals surface area contributed by atoms with Crippen molar-refractivity contribution in [2.24, 2.45) is 0 Å². The molecule has 0 unspecified atom stereocenters. The van der Waals surface area contributed by atoms with Gasteiger partial charge in [0.25, 0.3) is 0 Å². The fourth-order valence-corrected chi connectivity index (χ4v) is 1.74. The fourth-order valence-electron chi connectivity index (χ4n) is 1.74. The Morgan fingerprint density at radius 3 is 2.30 bits per heavy atom. The summed E-state index contributed by atoms with van der Waals surface area (Å²) in [6, 6.07) is 5.33. The second kappa shape index (κ2) is 11.1. The molecule has 0 saturated carbocycles. The molecule has 1 aromatic carbocycles. The van der Waals surface area contributed by atoms with Gasteiger partial charge in [-0.05, 0) is 56.5 Å². The van der Waals surface area contributed by atoms with Crippen LogP contribution in [-0.2, 0) is 0 Å². The van der Waals surface area contributed by atoms with Crippen LogP contribution in [0.2, 0.25) is 0 Å². The van der Waals surface area contributed by atoms with Crippen molar-refractivity contribution in [1.82, 2.24) is 0 Å². The van der Waals surface area contributed by atoms with Gasteiger partial charge >= 0.3 is 0 Å². The number of hydrogen-bond acceptors (Lipinski definition) is 2. The maximum atomic E-state index is 9.34. The van der Waals surface area contributed by atoms with Crippen LogP contribution in [0.3, 0.4) is 0 Å². The van der Waals surface area contributed by atoms with Crippen molar-refractivity contribution in [2.75, 3.05) is 7.11 Å². The summed E-state index contributed by atoms with van der Waals surface area (Å²) in [4.78, 5) is 0. The molecule has 2 nitrogen and oxygen atoms in total. The molecule has 2 heteroatoms. The minimum absolute atomic E-state index is 0.176. The number of rotatable bonds is 5. The summed E-state index contributed by atoms with van der Waals surface area (Å²) in [7, 11) is 1.55. The number of allylic oxidation sites excluding steroid dienone is 8. The van der Waals surface area contributed by atoms with E-state index in [0.29, 0.717) is 5.75 Å². The van der Waals surface area contributed by atoms with E-state index in [1.54, 1.807) is 19.3 Å². The van der Waals surface area contributed by atoms with Gasteiger partial charge in [0.05, 0.1) is 7.11 Å². The molecule has 0 fully saturated rings. The third-order valence-electron chi connectivity index (χ3n) is 3.20. The quantitative estimate of drug-likeness (QED) is 0.668. The second-order valence-corrected chi connectivity index (χ2v) is 5.00. The monoisotopic (exact) mass is 312 g/mol. The zero-order valence-electron chi connectivity index (χ0n) is 14.9. The molecule has 0 saturated heterocycles. The zero-order chi connectivity index (χ0) is 17.8. The van der Waals surface area contributed by atoms with Gasteiger partial charge in [0.1, 0.15) is 0 Å². The summed E-state index contributed by atoms with van der Waals surface area (Å²) >= 11 is 0. The number of ether oxygens (including phenoxy) is 1. The Bertz CT molecular complexity index is 617. The van der Waals surface area contributed by atoms with Crippen LogP contribution in [0.25, 0.3) is 5.57 Å². The SMILES string of the molecule is C/C=C(\C)c1ccc(O)c(OC)c1.C=C/C=C(\C=C/C)C(=C)C. The van der Waals surface area contributed by atoms with Crippen molar-refractivity contribution >= 4 is 5.57 Å². The van der Waals surface area contributed by atoms with Gasteiger partial charge in [-0.3, -0.25) is 0 Å². The molecular formula is C21H28O2. The van der Waals surface area contributed by atoms with E-state index in [1.807, 2.05) is 64.1 Å². The largest absolute Gasteiger partial charge is 0.504 e. The summed E-state index contributed by atoms with van der Waals surface area (Å²) in [5.41, 5.74) is 4.44. The van der Waals surface area contributed by atoms with Crippen molar-refractivity contribution in [3.63, 3.8) is 0 Å². The maximum absolute atomic E-state index is 9.34. The van der Waals surface area contributed by atoms with E-state index in [1.165, 1.54) is 5.57 Å². The normalized spacial score (nSPS) is 11.7. The number of methoxy groups -OCH3 is 1. The lowest BCUT2D eigenvalue weighted by atomic mass is 10.1. The van der Waals surface area contributed by atoms with E-state index in [0.717, 1.165) is 16.7 Å². The number of phenols is 1. The minimum Gasteiger partial charge on any atom is -0.504 e. The predicted molar refractivity (Wildman–Crippen MR) is 102 cm³/mol. The Kier molecular flexibility index (Phi) is 9.94. The first-order valence-electron chi connectivity index (χ1n) is 7.52. The summed E-state index contributed by atoms with van der Waals surface area (Å²) in [5, 5.41) is 9.34. The summed E-state index contributed by atoms with van der Waals surface area (Å²) in [5.74, 6) is 0.689. The molecule has 0 aliphatic rings. The molecule has 0 radical (unpaired) electrons. The van der Waals surface area contributed by atoms with Gasteiger partial charge in [0, 0.05) is 0 Å². The van der Waals surface area contributed by atoms with Crippen molar-refractivity contribution < 1.29 is 9.84 Å². The predicted octanol–water partition coefficient (Wildman–Crippen LogP) is 6.08. The van der Waals surface area contributed by atoms with Crippen molar-refractivity contribution in [1.29, 1.82) is 0 Å². The average Bonchev–Trinajstić information content (AvgIpc) is 2.54. The number of aromatic hydroxyl groups is 1. The Balaban J connectivity index is 0.000000438. The fraction of sp³-hybridized carbons (Fsp3) is 0.238. The Hall–Kier alpha value is -2.48. The molecule has 0 atom stereocenters. The van der Waals surface area contributed by atoms with Gasteiger partial charge in [-0.1, -0.05) is 55.2 Å². The van der Waals surface area contributed by atoms with E-state index in [-0.39, 0.29) is 5.75 Å². The lowest BCUT2D eigenvalue weighted by Crippen LogP contribution is -1.86. The van der Waals surface area contributed by atoms with Crippen LogP contribution in [0.5, 0.6) is 11.5 Å². The van der Waals surface area contributed by atoms with Crippen LogP contribution in [0.4, 0.5) is 0 Å². The van der Waals surface area contributed by atoms with E-state index in [2.05, 4.69) is 13.2 Å². The first-order valence-corrected chi connectivity index (χ1v) is 7.52. The summed E-state index contributed by atoms with van der Waals surface area (Å²) in [6.07, 6.45) is 9.74. The highest BCUT2D eigenvalue weighted by molar-refractivity contribution is 5.66. The standard InChI is InChI=1S/C11H14O2.C10H14/c1-4-8(2)9-5-6-10(12)11(7-9)13-3;1-5-7-10(8-6-2)9(3)4/h4-7,12H,1-3H3;5-8H,1,3H2,2,4H3/b8-4+;8-6-,10-7+. The first kappa shape index (κ1) is 20.5. The van der Waals surface area contributed by atoms with Gasteiger partial charge in [-0.2, -0.15) is 0 Å². The van der Waals surface area contributed by atoms with E-state index < -0.39 is 0 Å². The Labute approximate surface area is 140 Å². The lowest BCUT2D eigenvalue weighted by Gasteiger charge is -2.06. The lowest BCUT2D eigenvalue weighted by molar-refractivity contribution is 0.373. The van der Waals surface area contributed by atoms with Crippen molar-refractivity contribution in [3.8, 4) is 11.5 Å². The summed E-state index contributed by atoms with van der Waals surface area (Å²) in [6.45, 7) is 15.4. The van der Waals surface area contributed by atoms with Crippen LogP contribution in [-0.4, -0.2) is 12.2 Å². The van der Waals surface area contributed by atoms with Crippen molar-refractivity contribution in [3.05, 3.63) is 78.4 Å². The highest BCUT2D eigenvalue weighted by atomic mass is 16.5. The van der Waals surface area contributed by atoms with Crippen LogP contribution in [0.15, 0.2) is 72.9 Å². The van der Waals surface area contributed by atoms with E-state index in [4.69, 9.17) is 4.74 Å². The third-order valence-corrected chi connectivity index (χ3v) is 3.20. The molecule has 0 aliphatic heterocycles. The number of benzene rings is 1. The molecular weight excluding hydrogens is 284 g/mol. The van der Waals surface area contributed by atoms with Crippen LogP contribution < -0.4 is 4.74 Å². The van der Waals surface area contributed by atoms with Gasteiger partial charge in [0.15, 0.2) is 11.5 Å². The van der Waals surface area contributed by atoms with Gasteiger partial charge in [-0.15, -0.1) is 0 Å². The Morgan fingerprint density at radius 1 is 1.22 bits per heavy atom. The van der Waals surface area contributed by atoms with E-state index in [9.17, 15) is 5.11 Å². The third kappa shape index (κ3) is 7.37. The molecule has 0 amide bonds. The molecule has 1 N–H and O–H groups in total. The van der Waals surface area contributed by atoms with Gasteiger partial charge < -0.3 is 9.84 Å². The van der Waals surface area contributed by atoms with Gasteiger partial charge in [-0.25, -0.2) is 0 Å². The average molecular weight is 312 g/mol. The molecule has 0 bridgehead atoms. The molecule has 0 spiro atoms. The molecule has 23 heavy (non-hydrogen) atoms. The second-order valence-electron chi connectivity index (χ2n) is 5.00. The Morgan fingerprint density at radius 2 is 1.87 bits per heavy atom. The van der Waals surface area contributed by atoms with Crippen molar-refractivity contribution in [2.45, 2.75) is 27.7 Å². The molecule has 0 aromatic heterocycles.